The highest BCUT2D eigenvalue weighted by Crippen LogP contribution is 2.33. The molecule has 0 spiro atoms. The summed E-state index contributed by atoms with van der Waals surface area (Å²) in [6.45, 7) is 4.02. The van der Waals surface area contributed by atoms with E-state index in [1.165, 1.54) is 0 Å². The van der Waals surface area contributed by atoms with Crippen molar-refractivity contribution in [1.82, 2.24) is 4.72 Å². The zero-order valence-corrected chi connectivity index (χ0v) is 13.1. The molecule has 4 nitrogen and oxygen atoms in total. The van der Waals surface area contributed by atoms with Gasteiger partial charge in [-0.2, -0.15) is 13.2 Å². The topological polar surface area (TPSA) is 63.2 Å². The average Bonchev–Trinajstić information content (AvgIpc) is 2.24. The van der Waals surface area contributed by atoms with Gasteiger partial charge < -0.3 is 0 Å². The van der Waals surface area contributed by atoms with Crippen LogP contribution in [0.4, 0.5) is 13.2 Å². The van der Waals surface area contributed by atoms with Crippen LogP contribution >= 0.6 is 0 Å². The van der Waals surface area contributed by atoms with Gasteiger partial charge in [0.2, 0.25) is 15.9 Å². The van der Waals surface area contributed by atoms with Crippen molar-refractivity contribution in [2.75, 3.05) is 5.75 Å². The van der Waals surface area contributed by atoms with Gasteiger partial charge in [0.15, 0.2) is 0 Å². The molecule has 1 N–H and O–H groups in total. The van der Waals surface area contributed by atoms with Crippen molar-refractivity contribution in [2.24, 2.45) is 17.8 Å². The van der Waals surface area contributed by atoms with Gasteiger partial charge in [0, 0.05) is 12.3 Å². The minimum atomic E-state index is -4.38. The van der Waals surface area contributed by atoms with E-state index in [0.717, 1.165) is 6.42 Å². The van der Waals surface area contributed by atoms with E-state index in [9.17, 15) is 26.4 Å². The summed E-state index contributed by atoms with van der Waals surface area (Å²) in [5.41, 5.74) is 0. The number of hydrogen-bond acceptors (Lipinski definition) is 3. The highest BCUT2D eigenvalue weighted by Gasteiger charge is 2.32. The second-order valence-electron chi connectivity index (χ2n) is 6.12. The van der Waals surface area contributed by atoms with Gasteiger partial charge in [-0.25, -0.2) is 8.42 Å². The van der Waals surface area contributed by atoms with Gasteiger partial charge in [-0.1, -0.05) is 13.8 Å². The third-order valence-electron chi connectivity index (χ3n) is 3.68. The highest BCUT2D eigenvalue weighted by atomic mass is 32.2. The molecule has 0 aromatic carbocycles. The second kappa shape index (κ2) is 6.98. The summed E-state index contributed by atoms with van der Waals surface area (Å²) in [5, 5.41) is 0. The summed E-state index contributed by atoms with van der Waals surface area (Å²) in [4.78, 5) is 12.0. The van der Waals surface area contributed by atoms with E-state index in [1.807, 2.05) is 18.6 Å². The molecular weight excluding hydrogens is 307 g/mol. The molecule has 124 valence electrons. The van der Waals surface area contributed by atoms with Gasteiger partial charge in [0.25, 0.3) is 0 Å². The molecule has 0 saturated heterocycles. The number of alkyl halides is 3. The molecule has 0 bridgehead atoms. The Hall–Kier alpha value is -0.790. The summed E-state index contributed by atoms with van der Waals surface area (Å²) >= 11 is 0. The van der Waals surface area contributed by atoms with Crippen LogP contribution in [-0.4, -0.2) is 26.3 Å². The fraction of sp³-hybridized carbons (Fsp3) is 0.923. The van der Waals surface area contributed by atoms with Crippen molar-refractivity contribution in [2.45, 2.75) is 52.1 Å². The van der Waals surface area contributed by atoms with Crippen LogP contribution in [0.25, 0.3) is 0 Å². The van der Waals surface area contributed by atoms with Crippen LogP contribution in [0, 0.1) is 17.8 Å². The molecule has 0 aliphatic heterocycles. The zero-order chi connectivity index (χ0) is 16.3. The summed E-state index contributed by atoms with van der Waals surface area (Å²) in [5.74, 6) is -0.952. The maximum absolute atomic E-state index is 12.0. The maximum Gasteiger partial charge on any atom is 0.389 e. The Labute approximate surface area is 123 Å². The standard InChI is InChI=1S/C13H22F3NO3S/c1-9-6-10(2)8-11(7-9)12(18)17-21(19,20)5-3-4-13(14,15)16/h9-11H,3-8H2,1-2H3,(H,17,18). The van der Waals surface area contributed by atoms with Crippen molar-refractivity contribution in [3.8, 4) is 0 Å². The van der Waals surface area contributed by atoms with E-state index >= 15 is 0 Å². The Balaban J connectivity index is 2.49. The lowest BCUT2D eigenvalue weighted by atomic mass is 9.76. The van der Waals surface area contributed by atoms with Gasteiger partial charge in [-0.05, 0) is 37.5 Å². The minimum Gasteiger partial charge on any atom is -0.274 e. The zero-order valence-electron chi connectivity index (χ0n) is 12.2. The fourth-order valence-electron chi connectivity index (χ4n) is 2.91. The van der Waals surface area contributed by atoms with Crippen LogP contribution in [0.5, 0.6) is 0 Å². The first-order chi connectivity index (χ1) is 9.48. The summed E-state index contributed by atoms with van der Waals surface area (Å²) in [6.07, 6.45) is -3.85. The molecule has 1 aliphatic rings. The van der Waals surface area contributed by atoms with Crippen molar-refractivity contribution < 1.29 is 26.4 Å². The number of rotatable bonds is 5. The van der Waals surface area contributed by atoms with Crippen LogP contribution in [0.15, 0.2) is 0 Å². The molecule has 1 aliphatic carbocycles. The Bertz CT molecular complexity index is 452. The van der Waals surface area contributed by atoms with E-state index in [-0.39, 0.29) is 5.92 Å². The Morgan fingerprint density at radius 2 is 1.67 bits per heavy atom. The molecular formula is C13H22F3NO3S. The number of amides is 1. The summed E-state index contributed by atoms with van der Waals surface area (Å²) in [7, 11) is -3.99. The van der Waals surface area contributed by atoms with Crippen molar-refractivity contribution in [1.29, 1.82) is 0 Å². The fourth-order valence-corrected chi connectivity index (χ4v) is 4.01. The lowest BCUT2D eigenvalue weighted by Crippen LogP contribution is -2.39. The molecule has 1 amide bonds. The van der Waals surface area contributed by atoms with Crippen LogP contribution < -0.4 is 4.72 Å². The van der Waals surface area contributed by atoms with Crippen LogP contribution in [0.2, 0.25) is 0 Å². The maximum atomic E-state index is 12.0. The van der Waals surface area contributed by atoms with Crippen molar-refractivity contribution in [3.05, 3.63) is 0 Å². The van der Waals surface area contributed by atoms with Crippen molar-refractivity contribution in [3.63, 3.8) is 0 Å². The van der Waals surface area contributed by atoms with E-state index in [2.05, 4.69) is 0 Å². The Morgan fingerprint density at radius 3 is 2.14 bits per heavy atom. The second-order valence-corrected chi connectivity index (χ2v) is 7.96. The van der Waals surface area contributed by atoms with Crippen LogP contribution in [0.3, 0.4) is 0 Å². The molecule has 2 atom stereocenters. The number of halogens is 3. The van der Waals surface area contributed by atoms with Crippen LogP contribution in [0.1, 0.15) is 46.0 Å². The first-order valence-corrected chi connectivity index (χ1v) is 8.75. The molecule has 21 heavy (non-hydrogen) atoms. The molecule has 0 aromatic rings. The number of carbonyl (C=O) groups excluding carboxylic acids is 1. The van der Waals surface area contributed by atoms with E-state index < -0.39 is 40.7 Å². The van der Waals surface area contributed by atoms with Gasteiger partial charge in [-0.3, -0.25) is 9.52 Å². The third kappa shape index (κ3) is 7.15. The molecule has 0 heterocycles. The highest BCUT2D eigenvalue weighted by molar-refractivity contribution is 7.90. The largest absolute Gasteiger partial charge is 0.389 e. The van der Waals surface area contributed by atoms with Crippen LogP contribution in [-0.2, 0) is 14.8 Å². The molecule has 1 fully saturated rings. The number of hydrogen-bond donors (Lipinski definition) is 1. The molecule has 8 heteroatoms. The average molecular weight is 329 g/mol. The number of sulfonamides is 1. The Morgan fingerprint density at radius 1 is 1.14 bits per heavy atom. The van der Waals surface area contributed by atoms with Crippen molar-refractivity contribution >= 4 is 15.9 Å². The van der Waals surface area contributed by atoms with Gasteiger partial charge >= 0.3 is 6.18 Å². The van der Waals surface area contributed by atoms with E-state index in [0.29, 0.717) is 24.7 Å². The minimum absolute atomic E-state index is 0.345. The van der Waals surface area contributed by atoms with Gasteiger partial charge in [0.1, 0.15) is 0 Å². The quantitative estimate of drug-likeness (QED) is 0.843. The van der Waals surface area contributed by atoms with E-state index in [1.54, 1.807) is 0 Å². The first-order valence-electron chi connectivity index (χ1n) is 7.09. The van der Waals surface area contributed by atoms with Gasteiger partial charge in [0.05, 0.1) is 5.75 Å². The number of carbonyl (C=O) groups is 1. The van der Waals surface area contributed by atoms with Gasteiger partial charge in [-0.15, -0.1) is 0 Å². The molecule has 1 saturated carbocycles. The summed E-state index contributed by atoms with van der Waals surface area (Å²) < 4.78 is 61.1. The first kappa shape index (κ1) is 18.3. The number of nitrogens with one attached hydrogen (secondary N) is 1. The molecule has 2 unspecified atom stereocenters. The SMILES string of the molecule is CC1CC(C)CC(C(=O)NS(=O)(=O)CCCC(F)(F)F)C1. The predicted octanol–water partition coefficient (Wildman–Crippen LogP) is 2.85. The summed E-state index contributed by atoms with van der Waals surface area (Å²) in [6, 6.07) is 0. The lowest BCUT2D eigenvalue weighted by Gasteiger charge is -2.30. The third-order valence-corrected chi connectivity index (χ3v) is 5.02. The molecule has 1 rings (SSSR count). The normalized spacial score (nSPS) is 27.4. The predicted molar refractivity (Wildman–Crippen MR) is 72.9 cm³/mol. The lowest BCUT2D eigenvalue weighted by molar-refractivity contribution is -0.134. The van der Waals surface area contributed by atoms with E-state index in [4.69, 9.17) is 0 Å². The Kier molecular flexibility index (Phi) is 6.07. The molecule has 0 aromatic heterocycles. The monoisotopic (exact) mass is 329 g/mol. The smallest absolute Gasteiger partial charge is 0.274 e. The molecule has 0 radical (unpaired) electrons.